The van der Waals surface area contributed by atoms with E-state index in [1.807, 2.05) is 11.8 Å². The van der Waals surface area contributed by atoms with E-state index in [-0.39, 0.29) is 36.0 Å². The highest BCUT2D eigenvalue weighted by molar-refractivity contribution is 14.0. The van der Waals surface area contributed by atoms with Gasteiger partial charge in [0.25, 0.3) is 0 Å². The van der Waals surface area contributed by atoms with E-state index in [0.717, 1.165) is 51.6 Å². The summed E-state index contributed by atoms with van der Waals surface area (Å²) >= 11 is 2.03. The number of thioether (sulfide) groups is 1. The van der Waals surface area contributed by atoms with Gasteiger partial charge in [-0.1, -0.05) is 12.1 Å². The summed E-state index contributed by atoms with van der Waals surface area (Å²) in [6.07, 6.45) is 1.74. The van der Waals surface area contributed by atoms with Crippen molar-refractivity contribution >= 4 is 47.4 Å². The van der Waals surface area contributed by atoms with E-state index in [4.69, 9.17) is 9.73 Å². The Kier molecular flexibility index (Phi) is 10.9. The van der Waals surface area contributed by atoms with Gasteiger partial charge in [0.2, 0.25) is 0 Å². The van der Waals surface area contributed by atoms with Crippen LogP contribution < -0.4 is 15.5 Å². The maximum absolute atomic E-state index is 9.40. The zero-order valence-electron chi connectivity index (χ0n) is 17.4. The number of guanidine groups is 1. The van der Waals surface area contributed by atoms with E-state index in [9.17, 15) is 5.11 Å². The zero-order valence-corrected chi connectivity index (χ0v) is 20.5. The highest BCUT2D eigenvalue weighted by Gasteiger charge is 2.34. The fraction of sp³-hybridized carbons (Fsp3) is 0.667. The molecule has 2 heterocycles. The van der Waals surface area contributed by atoms with Crippen LogP contribution >= 0.6 is 35.7 Å². The lowest BCUT2D eigenvalue weighted by molar-refractivity contribution is 0.127. The van der Waals surface area contributed by atoms with Crippen molar-refractivity contribution in [1.82, 2.24) is 10.6 Å². The molecule has 6 nitrogen and oxygen atoms in total. The number of nitrogens with one attached hydrogen (secondary N) is 2. The van der Waals surface area contributed by atoms with Crippen LogP contribution in [0.2, 0.25) is 0 Å². The third-order valence-electron chi connectivity index (χ3n) is 5.53. The number of hydrogen-bond acceptors (Lipinski definition) is 5. The molecule has 1 unspecified atom stereocenters. The van der Waals surface area contributed by atoms with Crippen LogP contribution in [0.15, 0.2) is 29.3 Å². The number of anilines is 1. The van der Waals surface area contributed by atoms with E-state index in [0.29, 0.717) is 13.2 Å². The molecule has 0 aliphatic carbocycles. The van der Waals surface area contributed by atoms with Gasteiger partial charge in [-0.15, -0.1) is 24.0 Å². The number of halogens is 1. The van der Waals surface area contributed by atoms with Crippen molar-refractivity contribution in [2.75, 3.05) is 62.4 Å². The number of benzene rings is 1. The van der Waals surface area contributed by atoms with Crippen molar-refractivity contribution in [1.29, 1.82) is 0 Å². The van der Waals surface area contributed by atoms with Crippen LogP contribution in [0.5, 0.6) is 0 Å². The van der Waals surface area contributed by atoms with Crippen molar-refractivity contribution in [3.63, 3.8) is 0 Å². The van der Waals surface area contributed by atoms with Gasteiger partial charge in [-0.05, 0) is 37.5 Å². The molecule has 3 rings (SSSR count). The lowest BCUT2D eigenvalue weighted by Crippen LogP contribution is -2.44. The first-order chi connectivity index (χ1) is 13.7. The van der Waals surface area contributed by atoms with Gasteiger partial charge in [-0.3, -0.25) is 0 Å². The van der Waals surface area contributed by atoms with Crippen LogP contribution in [0.4, 0.5) is 5.69 Å². The molecule has 2 aliphatic heterocycles. The lowest BCUT2D eigenvalue weighted by atomic mass is 9.84. The van der Waals surface area contributed by atoms with Gasteiger partial charge in [0.05, 0.1) is 13.2 Å². The first kappa shape index (κ1) is 24.6. The number of ether oxygens (including phenoxy) is 1. The van der Waals surface area contributed by atoms with Gasteiger partial charge in [0.15, 0.2) is 5.96 Å². The third-order valence-corrected chi connectivity index (χ3v) is 6.48. The topological polar surface area (TPSA) is 69.1 Å². The standard InChI is InChI=1S/C21H34N4O2S.HI/c1-2-22-20(24-16-21(7-11-26)8-12-27-17-21)23-15-18-3-5-19(6-4-18)25-9-13-28-14-10-25;/h3-6,26H,2,7-17H2,1H3,(H2,22,23,24);1H. The fourth-order valence-corrected chi connectivity index (χ4v) is 4.63. The fourth-order valence-electron chi connectivity index (χ4n) is 3.73. The normalized spacial score (nSPS) is 22.3. The monoisotopic (exact) mass is 534 g/mol. The number of aliphatic hydroxyl groups is 1. The summed E-state index contributed by atoms with van der Waals surface area (Å²) in [6, 6.07) is 8.80. The first-order valence-corrected chi connectivity index (χ1v) is 11.5. The van der Waals surface area contributed by atoms with E-state index in [1.165, 1.54) is 22.8 Å². The second-order valence-electron chi connectivity index (χ2n) is 7.59. The number of nitrogens with zero attached hydrogens (tertiary/aromatic N) is 2. The molecule has 164 valence electrons. The van der Waals surface area contributed by atoms with E-state index < -0.39 is 0 Å². The van der Waals surface area contributed by atoms with Gasteiger partial charge >= 0.3 is 0 Å². The Morgan fingerprint density at radius 1 is 1.24 bits per heavy atom. The van der Waals surface area contributed by atoms with Crippen molar-refractivity contribution in [2.45, 2.75) is 26.3 Å². The summed E-state index contributed by atoms with van der Waals surface area (Å²) in [7, 11) is 0. The molecule has 0 spiro atoms. The van der Waals surface area contributed by atoms with E-state index in [1.54, 1.807) is 0 Å². The predicted molar refractivity (Wildman–Crippen MR) is 134 cm³/mol. The van der Waals surface area contributed by atoms with Crippen LogP contribution in [-0.4, -0.2) is 68.6 Å². The molecule has 2 aliphatic rings. The number of aliphatic hydroxyl groups excluding tert-OH is 1. The minimum absolute atomic E-state index is 0. The molecule has 0 radical (unpaired) electrons. The molecule has 8 heteroatoms. The van der Waals surface area contributed by atoms with Crippen LogP contribution in [0.1, 0.15) is 25.3 Å². The summed E-state index contributed by atoms with van der Waals surface area (Å²) in [6.45, 7) is 8.26. The van der Waals surface area contributed by atoms with Crippen molar-refractivity contribution in [3.8, 4) is 0 Å². The van der Waals surface area contributed by atoms with Gasteiger partial charge in [0, 0.05) is 62.0 Å². The highest BCUT2D eigenvalue weighted by Crippen LogP contribution is 2.31. The van der Waals surface area contributed by atoms with Crippen LogP contribution in [-0.2, 0) is 11.3 Å². The molecule has 29 heavy (non-hydrogen) atoms. The molecule has 2 saturated heterocycles. The van der Waals surface area contributed by atoms with Gasteiger partial charge in [-0.25, -0.2) is 4.99 Å². The smallest absolute Gasteiger partial charge is 0.191 e. The Hall–Kier alpha value is -0.710. The maximum Gasteiger partial charge on any atom is 0.191 e. The number of aliphatic imine (C=N–C) groups is 1. The van der Waals surface area contributed by atoms with Gasteiger partial charge in [0.1, 0.15) is 0 Å². The summed E-state index contributed by atoms with van der Waals surface area (Å²) in [4.78, 5) is 7.21. The largest absolute Gasteiger partial charge is 0.396 e. The minimum atomic E-state index is 0. The van der Waals surface area contributed by atoms with E-state index >= 15 is 0 Å². The number of hydrogen-bond donors (Lipinski definition) is 3. The Morgan fingerprint density at radius 2 is 2.00 bits per heavy atom. The maximum atomic E-state index is 9.40. The SMILES string of the molecule is CCNC(=NCc1ccc(N2CCSCC2)cc1)NCC1(CCO)CCOC1.I. The van der Waals surface area contributed by atoms with Crippen molar-refractivity contribution < 1.29 is 9.84 Å². The molecule has 3 N–H and O–H groups in total. The molecule has 0 aromatic heterocycles. The Morgan fingerprint density at radius 3 is 2.62 bits per heavy atom. The quantitative estimate of drug-likeness (QED) is 0.271. The number of rotatable bonds is 8. The Balaban J connectivity index is 0.00000300. The van der Waals surface area contributed by atoms with E-state index in [2.05, 4.69) is 46.7 Å². The van der Waals surface area contributed by atoms with Crippen LogP contribution in [0.25, 0.3) is 0 Å². The molecule has 1 aromatic rings. The molecule has 0 amide bonds. The highest BCUT2D eigenvalue weighted by atomic mass is 127. The predicted octanol–water partition coefficient (Wildman–Crippen LogP) is 2.70. The van der Waals surface area contributed by atoms with Crippen LogP contribution in [0.3, 0.4) is 0 Å². The minimum Gasteiger partial charge on any atom is -0.396 e. The second-order valence-corrected chi connectivity index (χ2v) is 8.82. The zero-order chi connectivity index (χ0) is 19.7. The van der Waals surface area contributed by atoms with Crippen LogP contribution in [0, 0.1) is 5.41 Å². The lowest BCUT2D eigenvalue weighted by Gasteiger charge is -2.28. The van der Waals surface area contributed by atoms with Crippen molar-refractivity contribution in [3.05, 3.63) is 29.8 Å². The average Bonchev–Trinajstić information content (AvgIpc) is 3.20. The molecular weight excluding hydrogens is 499 g/mol. The first-order valence-electron chi connectivity index (χ1n) is 10.4. The molecule has 1 atom stereocenters. The molecular formula is C21H35IN4O2S. The summed E-state index contributed by atoms with van der Waals surface area (Å²) < 4.78 is 5.58. The summed E-state index contributed by atoms with van der Waals surface area (Å²) in [5.41, 5.74) is 2.53. The third kappa shape index (κ3) is 7.48. The Bertz CT molecular complexity index is 618. The average molecular weight is 535 g/mol. The van der Waals surface area contributed by atoms with Gasteiger partial charge < -0.3 is 25.4 Å². The second kappa shape index (κ2) is 12.9. The molecule has 1 aromatic carbocycles. The molecule has 0 bridgehead atoms. The Labute approximate surface area is 196 Å². The summed E-state index contributed by atoms with van der Waals surface area (Å²) in [5.74, 6) is 3.25. The summed E-state index contributed by atoms with van der Waals surface area (Å²) in [5, 5.41) is 16.2. The molecule has 2 fully saturated rings. The van der Waals surface area contributed by atoms with Crippen molar-refractivity contribution in [2.24, 2.45) is 10.4 Å². The molecule has 0 saturated carbocycles. The van der Waals surface area contributed by atoms with Gasteiger partial charge in [-0.2, -0.15) is 11.8 Å².